The van der Waals surface area contributed by atoms with Crippen LogP contribution in [-0.2, 0) is 11.3 Å². The van der Waals surface area contributed by atoms with Crippen molar-refractivity contribution in [2.75, 3.05) is 0 Å². The first-order valence-electron chi connectivity index (χ1n) is 6.20. The molecule has 0 aromatic heterocycles. The van der Waals surface area contributed by atoms with E-state index in [1.54, 1.807) is 0 Å². The van der Waals surface area contributed by atoms with Gasteiger partial charge in [0.05, 0.1) is 12.0 Å². The van der Waals surface area contributed by atoms with Gasteiger partial charge in [0.1, 0.15) is 0 Å². The van der Waals surface area contributed by atoms with E-state index in [9.17, 15) is 4.79 Å². The van der Waals surface area contributed by atoms with Crippen LogP contribution in [0.5, 0.6) is 0 Å². The molecule has 2 atom stereocenters. The van der Waals surface area contributed by atoms with Crippen LogP contribution >= 0.6 is 0 Å². The second-order valence-corrected chi connectivity index (χ2v) is 5.19. The Bertz CT molecular complexity index is 504. The van der Waals surface area contributed by atoms with E-state index in [0.29, 0.717) is 11.9 Å². The molecule has 2 bridgehead atoms. The molecule has 1 fully saturated rings. The van der Waals surface area contributed by atoms with Crippen molar-refractivity contribution >= 4 is 5.91 Å². The normalized spacial score (nSPS) is 26.0. The third-order valence-corrected chi connectivity index (χ3v) is 3.90. The van der Waals surface area contributed by atoms with Gasteiger partial charge in [-0.3, -0.25) is 4.79 Å². The topological polar surface area (TPSA) is 20.3 Å². The molecule has 3 rings (SSSR count). The monoisotopic (exact) mass is 227 g/mol. The Morgan fingerprint density at radius 3 is 2.76 bits per heavy atom. The SMILES string of the molecule is Cc1ccc(CN2C(=O)[C@H]3C=C[C@@H]2C3)c(C)c1. The van der Waals surface area contributed by atoms with E-state index in [4.69, 9.17) is 0 Å². The summed E-state index contributed by atoms with van der Waals surface area (Å²) in [5.74, 6) is 0.461. The molecule has 0 saturated carbocycles. The average Bonchev–Trinajstić information content (AvgIpc) is 2.85. The highest BCUT2D eigenvalue weighted by Crippen LogP contribution is 2.34. The molecular weight excluding hydrogens is 210 g/mol. The Morgan fingerprint density at radius 1 is 1.29 bits per heavy atom. The number of fused-ring (bicyclic) bond motifs is 2. The molecule has 1 aliphatic heterocycles. The first kappa shape index (κ1) is 10.6. The molecule has 1 aromatic carbocycles. The number of hydrogen-bond acceptors (Lipinski definition) is 1. The van der Waals surface area contributed by atoms with Gasteiger partial charge in [-0.05, 0) is 31.4 Å². The predicted octanol–water partition coefficient (Wildman–Crippen LogP) is 2.59. The smallest absolute Gasteiger partial charge is 0.230 e. The van der Waals surface area contributed by atoms with E-state index >= 15 is 0 Å². The Kier molecular flexibility index (Phi) is 2.32. The number of carbonyl (C=O) groups is 1. The zero-order valence-corrected chi connectivity index (χ0v) is 10.3. The number of nitrogens with zero attached hydrogens (tertiary/aromatic N) is 1. The van der Waals surface area contributed by atoms with E-state index < -0.39 is 0 Å². The fourth-order valence-electron chi connectivity index (χ4n) is 2.87. The molecule has 2 nitrogen and oxygen atoms in total. The molecule has 0 N–H and O–H groups in total. The highest BCUT2D eigenvalue weighted by molar-refractivity contribution is 5.85. The van der Waals surface area contributed by atoms with Gasteiger partial charge in [-0.2, -0.15) is 0 Å². The number of hydrogen-bond donors (Lipinski definition) is 0. The Hall–Kier alpha value is -1.57. The Morgan fingerprint density at radius 2 is 2.12 bits per heavy atom. The summed E-state index contributed by atoms with van der Waals surface area (Å²) in [5, 5.41) is 0. The second-order valence-electron chi connectivity index (χ2n) is 5.19. The van der Waals surface area contributed by atoms with Crippen LogP contribution in [0.2, 0.25) is 0 Å². The van der Waals surface area contributed by atoms with Crippen LogP contribution in [0.1, 0.15) is 23.1 Å². The maximum Gasteiger partial charge on any atom is 0.230 e. The van der Waals surface area contributed by atoms with Crippen LogP contribution in [0, 0.1) is 19.8 Å². The molecule has 1 amide bonds. The number of rotatable bonds is 2. The van der Waals surface area contributed by atoms with E-state index in [1.807, 2.05) is 4.90 Å². The molecule has 1 heterocycles. The Labute approximate surface area is 102 Å². The van der Waals surface area contributed by atoms with Crippen molar-refractivity contribution in [1.29, 1.82) is 0 Å². The first-order valence-corrected chi connectivity index (χ1v) is 6.20. The fourth-order valence-corrected chi connectivity index (χ4v) is 2.87. The molecule has 17 heavy (non-hydrogen) atoms. The lowest BCUT2D eigenvalue weighted by Crippen LogP contribution is -2.34. The molecule has 1 aromatic rings. The van der Waals surface area contributed by atoms with Gasteiger partial charge in [0.25, 0.3) is 0 Å². The summed E-state index contributed by atoms with van der Waals surface area (Å²) >= 11 is 0. The highest BCUT2D eigenvalue weighted by atomic mass is 16.2. The Balaban J connectivity index is 1.84. The van der Waals surface area contributed by atoms with E-state index in [2.05, 4.69) is 44.2 Å². The lowest BCUT2D eigenvalue weighted by Gasteiger charge is -2.25. The molecule has 1 aliphatic carbocycles. The predicted molar refractivity (Wildman–Crippen MR) is 67.5 cm³/mol. The van der Waals surface area contributed by atoms with Gasteiger partial charge >= 0.3 is 0 Å². The third-order valence-electron chi connectivity index (χ3n) is 3.90. The largest absolute Gasteiger partial charge is 0.331 e. The number of aryl methyl sites for hydroxylation is 2. The van der Waals surface area contributed by atoms with Gasteiger partial charge in [0, 0.05) is 6.54 Å². The standard InChI is InChI=1S/C15H17NO/c1-10-3-4-13(11(2)7-10)9-16-14-6-5-12(8-14)15(16)17/h3-7,12,14H,8-9H2,1-2H3/t12-,14+/m0/s1. The molecule has 1 saturated heterocycles. The zero-order chi connectivity index (χ0) is 12.0. The lowest BCUT2D eigenvalue weighted by molar-refractivity contribution is -0.131. The fraction of sp³-hybridized carbons (Fsp3) is 0.400. The molecule has 0 unspecified atom stereocenters. The summed E-state index contributed by atoms with van der Waals surface area (Å²) in [6.07, 6.45) is 5.23. The van der Waals surface area contributed by atoms with Crippen LogP contribution < -0.4 is 0 Å². The van der Waals surface area contributed by atoms with Gasteiger partial charge in [-0.25, -0.2) is 0 Å². The number of benzene rings is 1. The summed E-state index contributed by atoms with van der Waals surface area (Å²) in [5.41, 5.74) is 3.83. The van der Waals surface area contributed by atoms with Gasteiger partial charge in [0.2, 0.25) is 5.91 Å². The van der Waals surface area contributed by atoms with Crippen LogP contribution in [0.15, 0.2) is 30.4 Å². The second kappa shape index (κ2) is 3.73. The molecule has 0 spiro atoms. The zero-order valence-electron chi connectivity index (χ0n) is 10.3. The van der Waals surface area contributed by atoms with Crippen molar-refractivity contribution in [3.05, 3.63) is 47.0 Å². The quantitative estimate of drug-likeness (QED) is 0.711. The molecule has 88 valence electrons. The van der Waals surface area contributed by atoms with Crippen molar-refractivity contribution < 1.29 is 4.79 Å². The molecule has 2 heteroatoms. The van der Waals surface area contributed by atoms with Gasteiger partial charge < -0.3 is 4.90 Å². The van der Waals surface area contributed by atoms with Crippen LogP contribution in [0.25, 0.3) is 0 Å². The molecule has 2 aliphatic rings. The average molecular weight is 227 g/mol. The summed E-state index contributed by atoms with van der Waals surface area (Å²) in [7, 11) is 0. The summed E-state index contributed by atoms with van der Waals surface area (Å²) in [4.78, 5) is 14.0. The lowest BCUT2D eigenvalue weighted by atomic mass is 10.0. The van der Waals surface area contributed by atoms with Gasteiger partial charge in [0.15, 0.2) is 0 Å². The van der Waals surface area contributed by atoms with Crippen LogP contribution in [-0.4, -0.2) is 16.8 Å². The maximum absolute atomic E-state index is 12.0. The summed E-state index contributed by atoms with van der Waals surface area (Å²) in [6, 6.07) is 6.79. The molecular formula is C15H17NO. The first-order chi connectivity index (χ1) is 8.15. The minimum atomic E-state index is 0.158. The summed E-state index contributed by atoms with van der Waals surface area (Å²) in [6.45, 7) is 4.98. The molecule has 0 radical (unpaired) electrons. The van der Waals surface area contributed by atoms with Crippen LogP contribution in [0.3, 0.4) is 0 Å². The minimum Gasteiger partial charge on any atom is -0.331 e. The van der Waals surface area contributed by atoms with Gasteiger partial charge in [-0.15, -0.1) is 0 Å². The van der Waals surface area contributed by atoms with Crippen molar-refractivity contribution in [3.8, 4) is 0 Å². The van der Waals surface area contributed by atoms with Crippen molar-refractivity contribution in [2.24, 2.45) is 5.92 Å². The van der Waals surface area contributed by atoms with E-state index in [-0.39, 0.29) is 5.92 Å². The maximum atomic E-state index is 12.0. The van der Waals surface area contributed by atoms with Crippen molar-refractivity contribution in [1.82, 2.24) is 4.90 Å². The van der Waals surface area contributed by atoms with Gasteiger partial charge in [-0.1, -0.05) is 35.9 Å². The van der Waals surface area contributed by atoms with E-state index in [0.717, 1.165) is 13.0 Å². The minimum absolute atomic E-state index is 0.158. The number of carbonyl (C=O) groups excluding carboxylic acids is 1. The van der Waals surface area contributed by atoms with E-state index in [1.165, 1.54) is 16.7 Å². The van der Waals surface area contributed by atoms with Crippen molar-refractivity contribution in [3.63, 3.8) is 0 Å². The van der Waals surface area contributed by atoms with Crippen LogP contribution in [0.4, 0.5) is 0 Å². The number of amides is 1. The summed E-state index contributed by atoms with van der Waals surface area (Å²) < 4.78 is 0. The highest BCUT2D eigenvalue weighted by Gasteiger charge is 2.40. The number of likely N-dealkylation sites (tertiary alicyclic amines) is 1. The third kappa shape index (κ3) is 1.68. The van der Waals surface area contributed by atoms with Crippen molar-refractivity contribution in [2.45, 2.75) is 32.9 Å².